The van der Waals surface area contributed by atoms with Crippen molar-refractivity contribution in [3.05, 3.63) is 36.0 Å². The molecule has 0 spiro atoms. The molecule has 18 heavy (non-hydrogen) atoms. The van der Waals surface area contributed by atoms with Crippen molar-refractivity contribution in [2.75, 3.05) is 19.0 Å². The first kappa shape index (κ1) is 13.1. The van der Waals surface area contributed by atoms with Crippen LogP contribution in [0.3, 0.4) is 0 Å². The number of benzene rings is 1. The number of thiazole rings is 1. The van der Waals surface area contributed by atoms with Gasteiger partial charge in [0.05, 0.1) is 17.2 Å². The van der Waals surface area contributed by atoms with Gasteiger partial charge in [-0.2, -0.15) is 0 Å². The Morgan fingerprint density at radius 3 is 2.72 bits per heavy atom. The first-order valence-corrected chi connectivity index (χ1v) is 6.80. The van der Waals surface area contributed by atoms with Crippen molar-refractivity contribution in [1.82, 2.24) is 4.98 Å². The molecule has 0 aliphatic rings. The normalized spacial score (nSPS) is 12.4. The number of ether oxygens (including phenoxy) is 1. The zero-order valence-corrected chi connectivity index (χ0v) is 11.8. The molecule has 0 fully saturated rings. The topological polar surface area (TPSA) is 34.1 Å². The summed E-state index contributed by atoms with van der Waals surface area (Å²) in [4.78, 5) is 5.79. The van der Waals surface area contributed by atoms with Crippen LogP contribution in [0.2, 0.25) is 0 Å². The summed E-state index contributed by atoms with van der Waals surface area (Å²) in [5, 5.41) is 4.31. The molecule has 0 saturated carbocycles. The lowest BCUT2D eigenvalue weighted by Gasteiger charge is -2.10. The van der Waals surface area contributed by atoms with Crippen LogP contribution in [-0.2, 0) is 4.74 Å². The fourth-order valence-electron chi connectivity index (χ4n) is 1.82. The highest BCUT2D eigenvalue weighted by molar-refractivity contribution is 7.19. The number of rotatable bonds is 5. The number of aryl methyl sites for hydroxylation is 1. The number of methoxy groups -OCH3 is 1. The van der Waals surface area contributed by atoms with Crippen molar-refractivity contribution < 1.29 is 4.74 Å². The average Bonchev–Trinajstić information content (AvgIpc) is 2.71. The van der Waals surface area contributed by atoms with Crippen LogP contribution in [0.4, 0.5) is 5.13 Å². The smallest absolute Gasteiger partial charge is 0.183 e. The van der Waals surface area contributed by atoms with E-state index in [-0.39, 0.29) is 6.04 Å². The van der Waals surface area contributed by atoms with E-state index in [0.29, 0.717) is 6.61 Å². The monoisotopic (exact) mass is 262 g/mol. The largest absolute Gasteiger partial charge is 0.383 e. The van der Waals surface area contributed by atoms with Crippen LogP contribution in [0.5, 0.6) is 0 Å². The van der Waals surface area contributed by atoms with E-state index in [9.17, 15) is 0 Å². The highest BCUT2D eigenvalue weighted by Gasteiger charge is 2.11. The summed E-state index contributed by atoms with van der Waals surface area (Å²) in [5.74, 6) is 0. The SMILES string of the molecule is COC[C@@H](C)Nc1nc(C)c(-c2ccccc2)s1. The molecule has 0 bridgehead atoms. The Morgan fingerprint density at radius 2 is 2.06 bits per heavy atom. The molecular formula is C14H18N2OS. The van der Waals surface area contributed by atoms with Gasteiger partial charge in [0, 0.05) is 13.2 Å². The molecule has 3 nitrogen and oxygen atoms in total. The van der Waals surface area contributed by atoms with Crippen LogP contribution in [0.15, 0.2) is 30.3 Å². The lowest BCUT2D eigenvalue weighted by atomic mass is 10.2. The summed E-state index contributed by atoms with van der Waals surface area (Å²) in [6, 6.07) is 10.6. The fraction of sp³-hybridized carbons (Fsp3) is 0.357. The van der Waals surface area contributed by atoms with E-state index in [1.165, 1.54) is 10.4 Å². The molecule has 0 unspecified atom stereocenters. The Kier molecular flexibility index (Phi) is 4.33. The highest BCUT2D eigenvalue weighted by Crippen LogP contribution is 2.32. The van der Waals surface area contributed by atoms with Crippen LogP contribution >= 0.6 is 11.3 Å². The van der Waals surface area contributed by atoms with Gasteiger partial charge in [-0.25, -0.2) is 4.98 Å². The molecular weight excluding hydrogens is 244 g/mol. The third kappa shape index (κ3) is 3.09. The maximum atomic E-state index is 5.11. The van der Waals surface area contributed by atoms with E-state index >= 15 is 0 Å². The third-order valence-electron chi connectivity index (χ3n) is 2.62. The molecule has 4 heteroatoms. The fourth-order valence-corrected chi connectivity index (χ4v) is 2.90. The van der Waals surface area contributed by atoms with Crippen molar-refractivity contribution in [2.45, 2.75) is 19.9 Å². The maximum absolute atomic E-state index is 5.11. The summed E-state index contributed by atoms with van der Waals surface area (Å²) in [6.07, 6.45) is 0. The molecule has 1 atom stereocenters. The number of hydrogen-bond acceptors (Lipinski definition) is 4. The molecule has 0 radical (unpaired) electrons. The van der Waals surface area contributed by atoms with Crippen molar-refractivity contribution in [3.63, 3.8) is 0 Å². The molecule has 1 aromatic heterocycles. The molecule has 0 aliphatic carbocycles. The number of nitrogens with one attached hydrogen (secondary N) is 1. The van der Waals surface area contributed by atoms with Crippen molar-refractivity contribution in [1.29, 1.82) is 0 Å². The predicted octanol–water partition coefficient (Wildman–Crippen LogP) is 3.57. The maximum Gasteiger partial charge on any atom is 0.183 e. The van der Waals surface area contributed by atoms with Gasteiger partial charge < -0.3 is 10.1 Å². The summed E-state index contributed by atoms with van der Waals surface area (Å²) >= 11 is 1.69. The molecule has 0 saturated heterocycles. The van der Waals surface area contributed by atoms with Gasteiger partial charge in [-0.3, -0.25) is 0 Å². The van der Waals surface area contributed by atoms with Crippen LogP contribution in [0.25, 0.3) is 10.4 Å². The zero-order valence-electron chi connectivity index (χ0n) is 10.9. The van der Waals surface area contributed by atoms with Crippen molar-refractivity contribution in [3.8, 4) is 10.4 Å². The predicted molar refractivity (Wildman–Crippen MR) is 77.2 cm³/mol. The minimum atomic E-state index is 0.268. The van der Waals surface area contributed by atoms with Crippen LogP contribution in [0.1, 0.15) is 12.6 Å². The zero-order chi connectivity index (χ0) is 13.0. The molecule has 2 rings (SSSR count). The van der Waals surface area contributed by atoms with Gasteiger partial charge in [0.1, 0.15) is 0 Å². The van der Waals surface area contributed by atoms with Gasteiger partial charge >= 0.3 is 0 Å². The van der Waals surface area contributed by atoms with Gasteiger partial charge in [0.25, 0.3) is 0 Å². The lowest BCUT2D eigenvalue weighted by molar-refractivity contribution is 0.190. The van der Waals surface area contributed by atoms with Crippen molar-refractivity contribution in [2.24, 2.45) is 0 Å². The second kappa shape index (κ2) is 5.98. The van der Waals surface area contributed by atoms with Gasteiger partial charge in [-0.1, -0.05) is 41.7 Å². The molecule has 1 N–H and O–H groups in total. The summed E-state index contributed by atoms with van der Waals surface area (Å²) in [6.45, 7) is 4.81. The second-order valence-corrected chi connectivity index (χ2v) is 5.30. The Balaban J connectivity index is 2.17. The van der Waals surface area contributed by atoms with E-state index in [1.807, 2.05) is 13.0 Å². The molecule has 1 heterocycles. The first-order valence-electron chi connectivity index (χ1n) is 5.99. The van der Waals surface area contributed by atoms with Crippen LogP contribution in [0, 0.1) is 6.92 Å². The molecule has 2 aromatic rings. The van der Waals surface area contributed by atoms with Crippen molar-refractivity contribution >= 4 is 16.5 Å². The highest BCUT2D eigenvalue weighted by atomic mass is 32.1. The van der Waals surface area contributed by atoms with Crippen LogP contribution < -0.4 is 5.32 Å². The quantitative estimate of drug-likeness (QED) is 0.894. The summed E-state index contributed by atoms with van der Waals surface area (Å²) in [7, 11) is 1.71. The number of aromatic nitrogens is 1. The number of nitrogens with zero attached hydrogens (tertiary/aromatic N) is 1. The minimum absolute atomic E-state index is 0.268. The Bertz CT molecular complexity index is 496. The summed E-state index contributed by atoms with van der Waals surface area (Å²) < 4.78 is 5.11. The van der Waals surface area contributed by atoms with Gasteiger partial charge in [0.15, 0.2) is 5.13 Å². The summed E-state index contributed by atoms with van der Waals surface area (Å²) in [5.41, 5.74) is 2.29. The van der Waals surface area contributed by atoms with E-state index < -0.39 is 0 Å². The Hall–Kier alpha value is -1.39. The average molecular weight is 262 g/mol. The van der Waals surface area contributed by atoms with Gasteiger partial charge in [-0.05, 0) is 19.4 Å². The molecule has 0 amide bonds. The second-order valence-electron chi connectivity index (χ2n) is 4.30. The molecule has 0 aliphatic heterocycles. The third-order valence-corrected chi connectivity index (χ3v) is 3.76. The van der Waals surface area contributed by atoms with Gasteiger partial charge in [-0.15, -0.1) is 0 Å². The number of hydrogen-bond donors (Lipinski definition) is 1. The Morgan fingerprint density at radius 1 is 1.33 bits per heavy atom. The van der Waals surface area contributed by atoms with E-state index in [0.717, 1.165) is 10.8 Å². The lowest BCUT2D eigenvalue weighted by Crippen LogP contribution is -2.20. The van der Waals surface area contributed by atoms with E-state index in [1.54, 1.807) is 18.4 Å². The molecule has 96 valence electrons. The van der Waals surface area contributed by atoms with E-state index in [4.69, 9.17) is 4.74 Å². The van der Waals surface area contributed by atoms with Crippen LogP contribution in [-0.4, -0.2) is 24.7 Å². The van der Waals surface area contributed by atoms with E-state index in [2.05, 4.69) is 41.5 Å². The Labute approximate surface area is 112 Å². The standard InChI is InChI=1S/C14H18N2OS/c1-10(9-17-3)15-14-16-11(2)13(18-14)12-7-5-4-6-8-12/h4-8,10H,9H2,1-3H3,(H,15,16)/t10-/m1/s1. The van der Waals surface area contributed by atoms with Gasteiger partial charge in [0.2, 0.25) is 0 Å². The molecule has 1 aromatic carbocycles. The first-order chi connectivity index (χ1) is 8.70. The number of anilines is 1. The minimum Gasteiger partial charge on any atom is -0.383 e.